The predicted molar refractivity (Wildman–Crippen MR) is 106 cm³/mol. The highest BCUT2D eigenvalue weighted by Gasteiger charge is 2.13. The van der Waals surface area contributed by atoms with Crippen molar-refractivity contribution in [2.45, 2.75) is 20.3 Å². The van der Waals surface area contributed by atoms with Gasteiger partial charge in [-0.3, -0.25) is 4.98 Å². The third-order valence-electron chi connectivity index (χ3n) is 4.69. The van der Waals surface area contributed by atoms with Crippen LogP contribution in [0.25, 0.3) is 33.3 Å². The van der Waals surface area contributed by atoms with Gasteiger partial charge < -0.3 is 4.98 Å². The largest absolute Gasteiger partial charge is 0.354 e. The van der Waals surface area contributed by atoms with Gasteiger partial charge in [-0.05, 0) is 60.9 Å². The lowest BCUT2D eigenvalue weighted by atomic mass is 10.0. The standard InChI is InChI=1S/C22H18ClFN2/c1-3-16-9-13(2)17(12-25-16)14-7-8-20-15(10-14)11-21(26-20)22-18(23)5-4-6-19(22)24/h4-12,26H,3H2,1-2H3. The molecule has 0 aliphatic rings. The Bertz CT molecular complexity index is 1090. The Kier molecular flexibility index (Phi) is 4.25. The number of nitrogens with zero attached hydrogens (tertiary/aromatic N) is 1. The summed E-state index contributed by atoms with van der Waals surface area (Å²) in [5.41, 5.74) is 6.51. The fourth-order valence-electron chi connectivity index (χ4n) is 3.30. The summed E-state index contributed by atoms with van der Waals surface area (Å²) in [4.78, 5) is 7.78. The number of rotatable bonds is 3. The number of benzene rings is 2. The van der Waals surface area contributed by atoms with E-state index >= 15 is 0 Å². The minimum absolute atomic E-state index is 0.334. The van der Waals surface area contributed by atoms with E-state index < -0.39 is 0 Å². The third-order valence-corrected chi connectivity index (χ3v) is 5.01. The van der Waals surface area contributed by atoms with Gasteiger partial charge in [-0.25, -0.2) is 4.39 Å². The number of H-pyrrole nitrogens is 1. The zero-order valence-electron chi connectivity index (χ0n) is 14.6. The van der Waals surface area contributed by atoms with Crippen LogP contribution in [0, 0.1) is 12.7 Å². The lowest BCUT2D eigenvalue weighted by molar-refractivity contribution is 0.631. The molecular formula is C22H18ClFN2. The van der Waals surface area contributed by atoms with Crippen LogP contribution in [0.3, 0.4) is 0 Å². The summed E-state index contributed by atoms with van der Waals surface area (Å²) in [6.45, 7) is 4.20. The van der Waals surface area contributed by atoms with E-state index in [2.05, 4.69) is 42.0 Å². The number of aromatic amines is 1. The minimum atomic E-state index is -0.334. The number of aromatic nitrogens is 2. The van der Waals surface area contributed by atoms with Gasteiger partial charge in [0.05, 0.1) is 16.3 Å². The van der Waals surface area contributed by atoms with Crippen LogP contribution in [0.1, 0.15) is 18.2 Å². The molecule has 0 bridgehead atoms. The van der Waals surface area contributed by atoms with Crippen molar-refractivity contribution in [1.29, 1.82) is 0 Å². The number of halogens is 2. The number of hydrogen-bond donors (Lipinski definition) is 1. The number of fused-ring (bicyclic) bond motifs is 1. The van der Waals surface area contributed by atoms with Crippen LogP contribution in [0.2, 0.25) is 5.02 Å². The Hall–Kier alpha value is -2.65. The Morgan fingerprint density at radius 2 is 1.96 bits per heavy atom. The number of pyridine rings is 1. The minimum Gasteiger partial charge on any atom is -0.354 e. The molecule has 1 N–H and O–H groups in total. The van der Waals surface area contributed by atoms with E-state index in [4.69, 9.17) is 11.6 Å². The molecule has 0 aliphatic heterocycles. The molecule has 0 saturated heterocycles. The smallest absolute Gasteiger partial charge is 0.134 e. The van der Waals surface area contributed by atoms with Crippen LogP contribution in [-0.2, 0) is 6.42 Å². The molecule has 0 spiro atoms. The van der Waals surface area contributed by atoms with Crippen LogP contribution in [0.15, 0.2) is 54.7 Å². The summed E-state index contributed by atoms with van der Waals surface area (Å²) in [5, 5.41) is 1.41. The SMILES string of the molecule is CCc1cc(C)c(-c2ccc3[nH]c(-c4c(F)cccc4Cl)cc3c2)cn1. The van der Waals surface area contributed by atoms with Crippen LogP contribution in [0.4, 0.5) is 4.39 Å². The van der Waals surface area contributed by atoms with Crippen molar-refractivity contribution in [3.8, 4) is 22.4 Å². The Morgan fingerprint density at radius 1 is 1.12 bits per heavy atom. The molecule has 4 heteroatoms. The fraction of sp³-hybridized carbons (Fsp3) is 0.136. The van der Waals surface area contributed by atoms with Gasteiger partial charge in [0.2, 0.25) is 0 Å². The molecule has 0 unspecified atom stereocenters. The van der Waals surface area contributed by atoms with Gasteiger partial charge in [0.1, 0.15) is 5.82 Å². The van der Waals surface area contributed by atoms with Gasteiger partial charge in [-0.1, -0.05) is 30.7 Å². The zero-order chi connectivity index (χ0) is 18.3. The van der Waals surface area contributed by atoms with Crippen molar-refractivity contribution in [3.05, 3.63) is 76.8 Å². The van der Waals surface area contributed by atoms with E-state index in [1.807, 2.05) is 18.3 Å². The number of nitrogens with one attached hydrogen (secondary N) is 1. The van der Waals surface area contributed by atoms with Crippen molar-refractivity contribution in [1.82, 2.24) is 9.97 Å². The van der Waals surface area contributed by atoms with Crippen molar-refractivity contribution in [2.24, 2.45) is 0 Å². The molecule has 0 saturated carbocycles. The molecule has 0 fully saturated rings. The molecule has 0 aliphatic carbocycles. The maximum atomic E-state index is 14.2. The fourth-order valence-corrected chi connectivity index (χ4v) is 3.56. The predicted octanol–water partition coefficient (Wildman–Crippen LogP) is 6.56. The number of hydrogen-bond acceptors (Lipinski definition) is 1. The first-order chi connectivity index (χ1) is 12.6. The van der Waals surface area contributed by atoms with Gasteiger partial charge in [-0.2, -0.15) is 0 Å². The lowest BCUT2D eigenvalue weighted by Gasteiger charge is -2.07. The Labute approximate surface area is 156 Å². The quantitative estimate of drug-likeness (QED) is 0.438. The molecule has 0 radical (unpaired) electrons. The molecule has 2 aromatic heterocycles. The normalized spacial score (nSPS) is 11.2. The van der Waals surface area contributed by atoms with Crippen molar-refractivity contribution in [2.75, 3.05) is 0 Å². The molecule has 2 heterocycles. The molecule has 130 valence electrons. The third kappa shape index (κ3) is 2.89. The molecule has 0 amide bonds. The first-order valence-corrected chi connectivity index (χ1v) is 8.97. The molecular weight excluding hydrogens is 347 g/mol. The second-order valence-electron chi connectivity index (χ2n) is 6.43. The summed E-state index contributed by atoms with van der Waals surface area (Å²) in [6, 6.07) is 15.0. The van der Waals surface area contributed by atoms with E-state index in [-0.39, 0.29) is 5.82 Å². The highest BCUT2D eigenvalue weighted by molar-refractivity contribution is 6.33. The molecule has 0 atom stereocenters. The van der Waals surface area contributed by atoms with E-state index in [0.29, 0.717) is 16.3 Å². The first-order valence-electron chi connectivity index (χ1n) is 8.60. The first kappa shape index (κ1) is 16.8. The van der Waals surface area contributed by atoms with Gasteiger partial charge >= 0.3 is 0 Å². The second kappa shape index (κ2) is 6.58. The van der Waals surface area contributed by atoms with E-state index in [1.54, 1.807) is 12.1 Å². The van der Waals surface area contributed by atoms with Gasteiger partial charge in [0.15, 0.2) is 0 Å². The number of aryl methyl sites for hydroxylation is 2. The summed E-state index contributed by atoms with van der Waals surface area (Å²) < 4.78 is 14.2. The van der Waals surface area contributed by atoms with Crippen LogP contribution in [0.5, 0.6) is 0 Å². The van der Waals surface area contributed by atoms with Crippen LogP contribution >= 0.6 is 11.6 Å². The monoisotopic (exact) mass is 364 g/mol. The van der Waals surface area contributed by atoms with E-state index in [9.17, 15) is 4.39 Å². The Balaban J connectivity index is 1.82. The van der Waals surface area contributed by atoms with Gasteiger partial charge in [0.25, 0.3) is 0 Å². The van der Waals surface area contributed by atoms with Crippen molar-refractivity contribution in [3.63, 3.8) is 0 Å². The van der Waals surface area contributed by atoms with Crippen LogP contribution in [-0.4, -0.2) is 9.97 Å². The lowest BCUT2D eigenvalue weighted by Crippen LogP contribution is -1.91. The topological polar surface area (TPSA) is 28.7 Å². The molecule has 2 aromatic carbocycles. The summed E-state index contributed by atoms with van der Waals surface area (Å²) in [5.74, 6) is -0.334. The Morgan fingerprint density at radius 3 is 2.69 bits per heavy atom. The highest BCUT2D eigenvalue weighted by atomic mass is 35.5. The van der Waals surface area contributed by atoms with Crippen molar-refractivity contribution >= 4 is 22.5 Å². The zero-order valence-corrected chi connectivity index (χ0v) is 15.4. The average Bonchev–Trinajstić information content (AvgIpc) is 3.04. The summed E-state index contributed by atoms with van der Waals surface area (Å²) >= 11 is 6.20. The van der Waals surface area contributed by atoms with E-state index in [1.165, 1.54) is 11.6 Å². The van der Waals surface area contributed by atoms with E-state index in [0.717, 1.165) is 34.1 Å². The van der Waals surface area contributed by atoms with Crippen LogP contribution < -0.4 is 0 Å². The summed E-state index contributed by atoms with van der Waals surface area (Å²) in [7, 11) is 0. The molecule has 26 heavy (non-hydrogen) atoms. The van der Waals surface area contributed by atoms with Gasteiger partial charge in [0, 0.05) is 28.4 Å². The molecule has 4 rings (SSSR count). The molecule has 4 aromatic rings. The maximum absolute atomic E-state index is 14.2. The second-order valence-corrected chi connectivity index (χ2v) is 6.83. The molecule has 2 nitrogen and oxygen atoms in total. The average molecular weight is 365 g/mol. The van der Waals surface area contributed by atoms with Crippen molar-refractivity contribution < 1.29 is 4.39 Å². The van der Waals surface area contributed by atoms with Gasteiger partial charge in [-0.15, -0.1) is 0 Å². The maximum Gasteiger partial charge on any atom is 0.134 e. The highest BCUT2D eigenvalue weighted by Crippen LogP contribution is 2.34. The summed E-state index contributed by atoms with van der Waals surface area (Å²) in [6.07, 6.45) is 2.85.